The summed E-state index contributed by atoms with van der Waals surface area (Å²) in [6.45, 7) is 0. The lowest BCUT2D eigenvalue weighted by Crippen LogP contribution is -2.47. The van der Waals surface area contributed by atoms with Crippen LogP contribution in [0.15, 0.2) is 22.7 Å². The van der Waals surface area contributed by atoms with Gasteiger partial charge < -0.3 is 9.84 Å². The van der Waals surface area contributed by atoms with Crippen LogP contribution >= 0.6 is 15.9 Å². The lowest BCUT2D eigenvalue weighted by atomic mass is 9.90. The van der Waals surface area contributed by atoms with Crippen molar-refractivity contribution >= 4 is 21.9 Å². The van der Waals surface area contributed by atoms with Gasteiger partial charge in [0.1, 0.15) is 11.7 Å². The normalized spacial score (nSPS) is 23.1. The Bertz CT molecular complexity index is 487. The number of carboxylic acid groups (broad SMARTS) is 1. The van der Waals surface area contributed by atoms with E-state index in [1.807, 2.05) is 0 Å². The van der Waals surface area contributed by atoms with Crippen molar-refractivity contribution in [2.24, 2.45) is 5.92 Å². The Hall–Kier alpha value is -1.24. The molecule has 7 heteroatoms. The van der Waals surface area contributed by atoms with Gasteiger partial charge in [-0.25, -0.2) is 0 Å². The molecule has 1 heterocycles. The molecule has 0 unspecified atom stereocenters. The van der Waals surface area contributed by atoms with Crippen LogP contribution in [0.4, 0.5) is 13.2 Å². The number of benzene rings is 1. The molecule has 1 N–H and O–H groups in total. The second-order valence-electron chi connectivity index (χ2n) is 3.96. The Labute approximate surface area is 109 Å². The highest BCUT2D eigenvalue weighted by Crippen LogP contribution is 2.41. The molecule has 1 aliphatic heterocycles. The van der Waals surface area contributed by atoms with E-state index in [1.165, 1.54) is 0 Å². The minimum absolute atomic E-state index is 0.0670. The predicted octanol–water partition coefficient (Wildman–Crippen LogP) is 3.02. The van der Waals surface area contributed by atoms with E-state index >= 15 is 0 Å². The molecule has 2 atom stereocenters. The van der Waals surface area contributed by atoms with Crippen molar-refractivity contribution in [2.45, 2.75) is 18.7 Å². The van der Waals surface area contributed by atoms with Gasteiger partial charge in [-0.15, -0.1) is 0 Å². The maximum atomic E-state index is 12.8. The second-order valence-corrected chi connectivity index (χ2v) is 4.81. The summed E-state index contributed by atoms with van der Waals surface area (Å²) >= 11 is 3.09. The Morgan fingerprint density at radius 2 is 2.11 bits per heavy atom. The minimum Gasteiger partial charge on any atom is -0.481 e. The summed E-state index contributed by atoms with van der Waals surface area (Å²) in [7, 11) is 0. The highest BCUT2D eigenvalue weighted by atomic mass is 79.9. The molecular formula is C11H8BrF3O3. The monoisotopic (exact) mass is 324 g/mol. The molecule has 0 amide bonds. The molecule has 0 bridgehead atoms. The van der Waals surface area contributed by atoms with Crippen LogP contribution in [0.2, 0.25) is 0 Å². The fourth-order valence-electron chi connectivity index (χ4n) is 1.91. The summed E-state index contributed by atoms with van der Waals surface area (Å²) in [5, 5.41) is 8.88. The zero-order valence-corrected chi connectivity index (χ0v) is 10.5. The number of halogens is 4. The van der Waals surface area contributed by atoms with Crippen LogP contribution in [0, 0.1) is 5.92 Å². The van der Waals surface area contributed by atoms with Gasteiger partial charge in [0.25, 0.3) is 0 Å². The molecule has 0 saturated carbocycles. The quantitative estimate of drug-likeness (QED) is 0.863. The molecule has 0 aromatic heterocycles. The number of rotatable bonds is 1. The fraction of sp³-hybridized carbons (Fsp3) is 0.364. The number of alkyl halides is 3. The standard InChI is InChI=1S/C11H8BrF3O3/c12-7-3-1-2-5-4-6(10(16)17)9(11(13,14)15)18-8(5)7/h1-3,6,9H,4H2,(H,16,17)/t6-,9+/m1/s1. The molecular weight excluding hydrogens is 317 g/mol. The topological polar surface area (TPSA) is 46.5 Å². The number of carbonyl (C=O) groups is 1. The van der Waals surface area contributed by atoms with E-state index in [4.69, 9.17) is 9.84 Å². The molecule has 1 aliphatic rings. The maximum Gasteiger partial charge on any atom is 0.426 e. The third-order valence-electron chi connectivity index (χ3n) is 2.74. The van der Waals surface area contributed by atoms with Crippen LogP contribution in [0.5, 0.6) is 5.75 Å². The lowest BCUT2D eigenvalue weighted by Gasteiger charge is -2.32. The Morgan fingerprint density at radius 3 is 2.67 bits per heavy atom. The first-order valence-corrected chi connectivity index (χ1v) is 5.83. The summed E-state index contributed by atoms with van der Waals surface area (Å²) in [5.74, 6) is -3.06. The molecule has 0 aliphatic carbocycles. The van der Waals surface area contributed by atoms with Gasteiger partial charge in [-0.2, -0.15) is 13.2 Å². The first kappa shape index (κ1) is 13.2. The second kappa shape index (κ2) is 4.46. The van der Waals surface area contributed by atoms with E-state index in [-0.39, 0.29) is 12.2 Å². The van der Waals surface area contributed by atoms with Gasteiger partial charge in [-0.05, 0) is 34.0 Å². The van der Waals surface area contributed by atoms with Gasteiger partial charge in [-0.1, -0.05) is 12.1 Å². The first-order chi connectivity index (χ1) is 8.30. The molecule has 18 heavy (non-hydrogen) atoms. The number of carboxylic acids is 1. The third kappa shape index (κ3) is 2.31. The predicted molar refractivity (Wildman–Crippen MR) is 59.4 cm³/mol. The number of aliphatic carboxylic acids is 1. The zero-order valence-electron chi connectivity index (χ0n) is 8.87. The van der Waals surface area contributed by atoms with E-state index in [9.17, 15) is 18.0 Å². The SMILES string of the molecule is O=C(O)[C@@H]1Cc2cccc(Br)c2O[C@@H]1C(F)(F)F. The van der Waals surface area contributed by atoms with Crippen molar-refractivity contribution in [3.63, 3.8) is 0 Å². The minimum atomic E-state index is -4.71. The van der Waals surface area contributed by atoms with Gasteiger partial charge >= 0.3 is 12.1 Å². The number of hydrogen-bond donors (Lipinski definition) is 1. The molecule has 0 fully saturated rings. The lowest BCUT2D eigenvalue weighted by molar-refractivity contribution is -0.217. The smallest absolute Gasteiger partial charge is 0.426 e. The number of fused-ring (bicyclic) bond motifs is 1. The van der Waals surface area contributed by atoms with E-state index in [0.717, 1.165) is 0 Å². The molecule has 2 rings (SSSR count). The summed E-state index contributed by atoms with van der Waals surface area (Å²) in [4.78, 5) is 10.9. The Morgan fingerprint density at radius 1 is 1.44 bits per heavy atom. The van der Waals surface area contributed by atoms with Crippen LogP contribution < -0.4 is 4.74 Å². The van der Waals surface area contributed by atoms with Crippen molar-refractivity contribution in [3.05, 3.63) is 28.2 Å². The van der Waals surface area contributed by atoms with Crippen molar-refractivity contribution < 1.29 is 27.8 Å². The van der Waals surface area contributed by atoms with Crippen LogP contribution in [-0.2, 0) is 11.2 Å². The molecule has 0 saturated heterocycles. The van der Waals surface area contributed by atoms with Crippen LogP contribution in [0.3, 0.4) is 0 Å². The Kier molecular flexibility index (Phi) is 3.27. The van der Waals surface area contributed by atoms with Crippen LogP contribution in [0.25, 0.3) is 0 Å². The first-order valence-electron chi connectivity index (χ1n) is 5.04. The van der Waals surface area contributed by atoms with Gasteiger partial charge in [-0.3, -0.25) is 4.79 Å². The van der Waals surface area contributed by atoms with E-state index in [0.29, 0.717) is 10.0 Å². The highest BCUT2D eigenvalue weighted by molar-refractivity contribution is 9.10. The molecule has 0 radical (unpaired) electrons. The molecule has 98 valence electrons. The average molecular weight is 325 g/mol. The summed E-state index contributed by atoms with van der Waals surface area (Å²) in [6.07, 6.45) is -7.23. The number of hydrogen-bond acceptors (Lipinski definition) is 2. The van der Waals surface area contributed by atoms with Gasteiger partial charge in [0, 0.05) is 0 Å². The number of ether oxygens (including phenoxy) is 1. The average Bonchev–Trinajstić information content (AvgIpc) is 2.26. The van der Waals surface area contributed by atoms with E-state index in [1.54, 1.807) is 18.2 Å². The number of para-hydroxylation sites is 1. The summed E-state index contributed by atoms with van der Waals surface area (Å²) < 4.78 is 43.6. The van der Waals surface area contributed by atoms with E-state index in [2.05, 4.69) is 15.9 Å². The zero-order chi connectivity index (χ0) is 13.5. The van der Waals surface area contributed by atoms with Crippen molar-refractivity contribution in [2.75, 3.05) is 0 Å². The Balaban J connectivity index is 2.44. The van der Waals surface area contributed by atoms with Crippen molar-refractivity contribution in [1.82, 2.24) is 0 Å². The molecule has 1 aromatic rings. The highest BCUT2D eigenvalue weighted by Gasteiger charge is 2.52. The third-order valence-corrected chi connectivity index (χ3v) is 3.36. The fourth-order valence-corrected chi connectivity index (χ4v) is 2.41. The molecule has 1 aromatic carbocycles. The van der Waals surface area contributed by atoms with Crippen LogP contribution in [0.1, 0.15) is 5.56 Å². The van der Waals surface area contributed by atoms with Crippen molar-refractivity contribution in [1.29, 1.82) is 0 Å². The van der Waals surface area contributed by atoms with Crippen LogP contribution in [-0.4, -0.2) is 23.4 Å². The maximum absolute atomic E-state index is 12.8. The largest absolute Gasteiger partial charge is 0.481 e. The van der Waals surface area contributed by atoms with Gasteiger partial charge in [0.05, 0.1) is 4.47 Å². The van der Waals surface area contributed by atoms with Crippen molar-refractivity contribution in [3.8, 4) is 5.75 Å². The summed E-state index contributed by atoms with van der Waals surface area (Å²) in [6, 6.07) is 4.73. The molecule has 3 nitrogen and oxygen atoms in total. The summed E-state index contributed by atoms with van der Waals surface area (Å²) in [5.41, 5.74) is 0.456. The molecule has 0 spiro atoms. The van der Waals surface area contributed by atoms with Gasteiger partial charge in [0.2, 0.25) is 6.10 Å². The van der Waals surface area contributed by atoms with Gasteiger partial charge in [0.15, 0.2) is 0 Å². The van der Waals surface area contributed by atoms with E-state index < -0.39 is 24.2 Å².